The van der Waals surface area contributed by atoms with Crippen LogP contribution in [-0.4, -0.2) is 52.4 Å². The monoisotopic (exact) mass is 441 g/mol. The number of sulfonamides is 1. The minimum Gasteiger partial charge on any atom is -0.488 e. The van der Waals surface area contributed by atoms with Crippen molar-refractivity contribution < 1.29 is 17.9 Å². The molecule has 2 aromatic carbocycles. The Labute approximate surface area is 183 Å². The number of piperidine rings is 1. The first-order valence-electron chi connectivity index (χ1n) is 10.4. The number of rotatable bonds is 5. The summed E-state index contributed by atoms with van der Waals surface area (Å²) >= 11 is 0. The number of benzene rings is 2. The van der Waals surface area contributed by atoms with Crippen LogP contribution < -0.4 is 15.0 Å². The van der Waals surface area contributed by atoms with Crippen molar-refractivity contribution in [2.24, 2.45) is 0 Å². The van der Waals surface area contributed by atoms with Crippen LogP contribution in [-0.2, 0) is 14.8 Å². The van der Waals surface area contributed by atoms with Gasteiger partial charge in [0.15, 0.2) is 0 Å². The van der Waals surface area contributed by atoms with Crippen molar-refractivity contribution in [3.8, 4) is 5.75 Å². The van der Waals surface area contributed by atoms with Gasteiger partial charge in [-0.25, -0.2) is 8.42 Å². The van der Waals surface area contributed by atoms with Crippen molar-refractivity contribution in [2.45, 2.75) is 24.2 Å². The zero-order chi connectivity index (χ0) is 22.0. The summed E-state index contributed by atoms with van der Waals surface area (Å²) in [5.74, 6) is 0.424. The minimum absolute atomic E-state index is 0.159. The second kappa shape index (κ2) is 8.72. The van der Waals surface area contributed by atoms with Gasteiger partial charge >= 0.3 is 0 Å². The zero-order valence-electron chi connectivity index (χ0n) is 17.8. The molecule has 1 saturated heterocycles. The molecule has 31 heavy (non-hydrogen) atoms. The molecule has 1 N–H and O–H groups in total. The number of fused-ring (bicyclic) bond motifs is 1. The van der Waals surface area contributed by atoms with Gasteiger partial charge in [-0.2, -0.15) is 4.31 Å². The molecule has 0 unspecified atom stereocenters. The Balaban J connectivity index is 1.63. The smallest absolute Gasteiger partial charge is 0.255 e. The number of para-hydroxylation sites is 1. The largest absolute Gasteiger partial charge is 0.488 e. The second-order valence-corrected chi connectivity index (χ2v) is 9.93. The van der Waals surface area contributed by atoms with Gasteiger partial charge in [-0.1, -0.05) is 24.6 Å². The summed E-state index contributed by atoms with van der Waals surface area (Å²) in [4.78, 5) is 15.0. The molecule has 0 aromatic heterocycles. The molecule has 0 saturated carbocycles. The van der Waals surface area contributed by atoms with Crippen LogP contribution in [0.15, 0.2) is 52.9 Å². The van der Waals surface area contributed by atoms with E-state index in [0.29, 0.717) is 24.4 Å². The average molecular weight is 442 g/mol. The molecule has 4 rings (SSSR count). The van der Waals surface area contributed by atoms with Crippen LogP contribution in [0.2, 0.25) is 0 Å². The summed E-state index contributed by atoms with van der Waals surface area (Å²) in [5, 5.41) is 2.90. The molecule has 1 amide bonds. The van der Waals surface area contributed by atoms with Gasteiger partial charge in [0.2, 0.25) is 10.0 Å². The van der Waals surface area contributed by atoms with E-state index in [0.717, 1.165) is 36.3 Å². The molecule has 7 nitrogen and oxygen atoms in total. The van der Waals surface area contributed by atoms with E-state index >= 15 is 0 Å². The van der Waals surface area contributed by atoms with Crippen molar-refractivity contribution in [2.75, 3.05) is 44.0 Å². The number of hydrogen-bond donors (Lipinski definition) is 1. The molecular weight excluding hydrogens is 414 g/mol. The van der Waals surface area contributed by atoms with Crippen molar-refractivity contribution in [3.05, 3.63) is 53.6 Å². The number of carbonyl (C=O) groups excluding carboxylic acids is 1. The van der Waals surface area contributed by atoms with Crippen LogP contribution in [0, 0.1) is 0 Å². The Morgan fingerprint density at radius 3 is 2.55 bits per heavy atom. The first-order chi connectivity index (χ1) is 14.9. The highest BCUT2D eigenvalue weighted by molar-refractivity contribution is 7.89. The van der Waals surface area contributed by atoms with Gasteiger partial charge in [0.25, 0.3) is 5.91 Å². The van der Waals surface area contributed by atoms with Crippen LogP contribution in [0.1, 0.15) is 24.8 Å². The SMILES string of the molecule is CN(C)c1ccc(S(=O)(=O)N2CCCCC2)cc1NC(=O)C1=Cc2ccccc2OC1. The van der Waals surface area contributed by atoms with Gasteiger partial charge in [-0.3, -0.25) is 4.79 Å². The maximum atomic E-state index is 13.1. The molecule has 0 aliphatic carbocycles. The molecule has 2 heterocycles. The molecule has 0 atom stereocenters. The lowest BCUT2D eigenvalue weighted by atomic mass is 10.1. The van der Waals surface area contributed by atoms with Crippen LogP contribution in [0.4, 0.5) is 11.4 Å². The van der Waals surface area contributed by atoms with Gasteiger partial charge < -0.3 is 15.0 Å². The van der Waals surface area contributed by atoms with Crippen molar-refractivity contribution in [3.63, 3.8) is 0 Å². The highest BCUT2D eigenvalue weighted by atomic mass is 32.2. The maximum Gasteiger partial charge on any atom is 0.255 e. The van der Waals surface area contributed by atoms with E-state index < -0.39 is 10.0 Å². The van der Waals surface area contributed by atoms with Gasteiger partial charge in [-0.15, -0.1) is 0 Å². The molecule has 2 aliphatic rings. The number of hydrogen-bond acceptors (Lipinski definition) is 5. The predicted octanol–water partition coefficient (Wildman–Crippen LogP) is 3.34. The first-order valence-corrected chi connectivity index (χ1v) is 11.9. The van der Waals surface area contributed by atoms with E-state index in [1.807, 2.05) is 43.3 Å². The van der Waals surface area contributed by atoms with Gasteiger partial charge in [-0.05, 0) is 43.2 Å². The third-order valence-electron chi connectivity index (χ3n) is 5.57. The predicted molar refractivity (Wildman–Crippen MR) is 122 cm³/mol. The molecular formula is C23H27N3O4S. The Hall–Kier alpha value is -2.84. The number of nitrogens with one attached hydrogen (secondary N) is 1. The van der Waals surface area contributed by atoms with E-state index in [1.165, 1.54) is 4.31 Å². The summed E-state index contributed by atoms with van der Waals surface area (Å²) in [7, 11) is 0.0970. The van der Waals surface area contributed by atoms with Crippen molar-refractivity contribution in [1.82, 2.24) is 4.31 Å². The molecule has 2 aliphatic heterocycles. The highest BCUT2D eigenvalue weighted by Gasteiger charge is 2.27. The van der Waals surface area contributed by atoms with Crippen LogP contribution in [0.5, 0.6) is 5.75 Å². The second-order valence-electron chi connectivity index (χ2n) is 7.99. The lowest BCUT2D eigenvalue weighted by Crippen LogP contribution is -2.35. The highest BCUT2D eigenvalue weighted by Crippen LogP contribution is 2.31. The van der Waals surface area contributed by atoms with E-state index in [4.69, 9.17) is 4.74 Å². The summed E-state index contributed by atoms with van der Waals surface area (Å²) < 4.78 is 33.4. The number of ether oxygens (including phenoxy) is 1. The normalized spacial score (nSPS) is 16.6. The number of amides is 1. The van der Waals surface area contributed by atoms with Crippen molar-refractivity contribution in [1.29, 1.82) is 0 Å². The maximum absolute atomic E-state index is 13.1. The molecule has 0 bridgehead atoms. The summed E-state index contributed by atoms with van der Waals surface area (Å²) in [6, 6.07) is 12.4. The quantitative estimate of drug-likeness (QED) is 0.770. The van der Waals surface area contributed by atoms with E-state index in [9.17, 15) is 13.2 Å². The topological polar surface area (TPSA) is 79.0 Å². The number of nitrogens with zero attached hydrogens (tertiary/aromatic N) is 2. The van der Waals surface area contributed by atoms with E-state index in [1.54, 1.807) is 24.3 Å². The fourth-order valence-electron chi connectivity index (χ4n) is 3.87. The Kier molecular flexibility index (Phi) is 6.02. The van der Waals surface area contributed by atoms with Crippen LogP contribution in [0.3, 0.4) is 0 Å². The third kappa shape index (κ3) is 4.45. The van der Waals surface area contributed by atoms with Crippen molar-refractivity contribution >= 4 is 33.4 Å². The number of anilines is 2. The van der Waals surface area contributed by atoms with Crippen LogP contribution in [0.25, 0.3) is 6.08 Å². The minimum atomic E-state index is -3.60. The Morgan fingerprint density at radius 2 is 1.81 bits per heavy atom. The first kappa shape index (κ1) is 21.4. The molecule has 0 radical (unpaired) electrons. The Bertz CT molecular complexity index is 1120. The molecule has 2 aromatic rings. The third-order valence-corrected chi connectivity index (χ3v) is 7.47. The Morgan fingerprint density at radius 1 is 1.06 bits per heavy atom. The molecule has 1 fully saturated rings. The zero-order valence-corrected chi connectivity index (χ0v) is 18.6. The standard InChI is InChI=1S/C23H27N3O4S/c1-25(2)21-11-10-19(31(28,29)26-12-6-3-7-13-26)15-20(21)24-23(27)18-14-17-8-4-5-9-22(17)30-16-18/h4-5,8-11,14-15H,3,6-7,12-13,16H2,1-2H3,(H,24,27). The fraction of sp³-hybridized carbons (Fsp3) is 0.348. The van der Waals surface area contributed by atoms with Gasteiger partial charge in [0, 0.05) is 32.7 Å². The number of carbonyl (C=O) groups is 1. The lowest BCUT2D eigenvalue weighted by molar-refractivity contribution is -0.113. The van der Waals surface area contributed by atoms with Gasteiger partial charge in [0.1, 0.15) is 12.4 Å². The summed E-state index contributed by atoms with van der Waals surface area (Å²) in [5.41, 5.74) is 2.50. The van der Waals surface area contributed by atoms with Crippen LogP contribution >= 0.6 is 0 Å². The fourth-order valence-corrected chi connectivity index (χ4v) is 5.41. The molecule has 8 heteroatoms. The van der Waals surface area contributed by atoms with E-state index in [-0.39, 0.29) is 17.4 Å². The molecule has 164 valence electrons. The van der Waals surface area contributed by atoms with Gasteiger partial charge in [0.05, 0.1) is 21.8 Å². The lowest BCUT2D eigenvalue weighted by Gasteiger charge is -2.27. The summed E-state index contributed by atoms with van der Waals surface area (Å²) in [6.07, 6.45) is 4.59. The molecule has 0 spiro atoms. The summed E-state index contributed by atoms with van der Waals surface area (Å²) in [6.45, 7) is 1.22. The average Bonchev–Trinajstić information content (AvgIpc) is 2.79. The van der Waals surface area contributed by atoms with E-state index in [2.05, 4.69) is 5.32 Å².